The van der Waals surface area contributed by atoms with E-state index in [0.29, 0.717) is 12.8 Å². The van der Waals surface area contributed by atoms with Crippen LogP contribution in [0.2, 0.25) is 0 Å². The van der Waals surface area contributed by atoms with Crippen molar-refractivity contribution in [2.75, 3.05) is 31.3 Å². The van der Waals surface area contributed by atoms with E-state index in [1.54, 1.807) is 11.3 Å². The van der Waals surface area contributed by atoms with Gasteiger partial charge >= 0.3 is 0 Å². The number of nitrogens with one attached hydrogen (secondary N) is 1. The van der Waals surface area contributed by atoms with Crippen LogP contribution in [0.4, 0.5) is 5.13 Å². The van der Waals surface area contributed by atoms with Crippen molar-refractivity contribution >= 4 is 16.5 Å². The number of fused-ring (bicyclic) bond motifs is 1. The summed E-state index contributed by atoms with van der Waals surface area (Å²) in [4.78, 5) is 6.79. The molecular formula is C17H21N3O2S. The van der Waals surface area contributed by atoms with Crippen LogP contribution in [0.3, 0.4) is 0 Å². The Balaban J connectivity index is 1.22. The molecule has 0 unspecified atom stereocenters. The predicted octanol–water partition coefficient (Wildman–Crippen LogP) is 2.67. The van der Waals surface area contributed by atoms with Gasteiger partial charge in [0.2, 0.25) is 6.79 Å². The lowest BCUT2D eigenvalue weighted by atomic mass is 10.0. The highest BCUT2D eigenvalue weighted by atomic mass is 32.1. The summed E-state index contributed by atoms with van der Waals surface area (Å²) >= 11 is 1.73. The van der Waals surface area contributed by atoms with Crippen molar-refractivity contribution < 1.29 is 9.47 Å². The van der Waals surface area contributed by atoms with E-state index < -0.39 is 0 Å². The molecule has 23 heavy (non-hydrogen) atoms. The Bertz CT molecular complexity index is 639. The van der Waals surface area contributed by atoms with Crippen molar-refractivity contribution in [1.82, 2.24) is 10.3 Å². The fourth-order valence-electron chi connectivity index (χ4n) is 3.16. The minimum atomic E-state index is 0.342. The number of rotatable bonds is 5. The number of benzene rings is 1. The number of nitrogens with zero attached hydrogens (tertiary/aromatic N) is 2. The van der Waals surface area contributed by atoms with Crippen molar-refractivity contribution in [3.05, 3.63) is 35.3 Å². The third-order valence-electron chi connectivity index (χ3n) is 4.47. The molecule has 2 aliphatic rings. The molecular weight excluding hydrogens is 310 g/mol. The molecule has 6 heteroatoms. The van der Waals surface area contributed by atoms with Crippen LogP contribution < -0.4 is 19.7 Å². The van der Waals surface area contributed by atoms with Crippen LogP contribution in [-0.4, -0.2) is 37.5 Å². The number of anilines is 1. The number of hydrogen-bond acceptors (Lipinski definition) is 6. The highest BCUT2D eigenvalue weighted by molar-refractivity contribution is 7.13. The van der Waals surface area contributed by atoms with Crippen molar-refractivity contribution in [2.24, 2.45) is 0 Å². The van der Waals surface area contributed by atoms with Crippen molar-refractivity contribution in [3.63, 3.8) is 0 Å². The van der Waals surface area contributed by atoms with Crippen molar-refractivity contribution in [1.29, 1.82) is 0 Å². The molecule has 4 rings (SSSR count). The maximum atomic E-state index is 5.43. The zero-order valence-corrected chi connectivity index (χ0v) is 13.8. The fraction of sp³-hybridized carbons (Fsp3) is 0.471. The average Bonchev–Trinajstić information content (AvgIpc) is 3.27. The summed E-state index contributed by atoms with van der Waals surface area (Å²) in [5.41, 5.74) is 1.29. The highest BCUT2D eigenvalue weighted by Crippen LogP contribution is 2.32. The van der Waals surface area contributed by atoms with Gasteiger partial charge in [-0.3, -0.25) is 0 Å². The summed E-state index contributed by atoms with van der Waals surface area (Å²) in [6.45, 7) is 3.53. The Labute approximate surface area is 140 Å². The smallest absolute Gasteiger partial charge is 0.231 e. The van der Waals surface area contributed by atoms with Gasteiger partial charge in [0.05, 0.1) is 0 Å². The minimum Gasteiger partial charge on any atom is -0.454 e. The second kappa shape index (κ2) is 6.76. The zero-order chi connectivity index (χ0) is 15.5. The molecule has 0 spiro atoms. The summed E-state index contributed by atoms with van der Waals surface area (Å²) in [5, 5.41) is 6.89. The Morgan fingerprint density at radius 1 is 1.22 bits per heavy atom. The van der Waals surface area contributed by atoms with E-state index in [4.69, 9.17) is 9.47 Å². The van der Waals surface area contributed by atoms with Crippen LogP contribution in [0.25, 0.3) is 0 Å². The van der Waals surface area contributed by atoms with Gasteiger partial charge in [-0.25, -0.2) is 4.98 Å². The normalized spacial score (nSPS) is 17.7. The van der Waals surface area contributed by atoms with Gasteiger partial charge < -0.3 is 19.7 Å². The number of hydrogen-bond donors (Lipinski definition) is 1. The predicted molar refractivity (Wildman–Crippen MR) is 91.6 cm³/mol. The molecule has 2 aliphatic heterocycles. The lowest BCUT2D eigenvalue weighted by Crippen LogP contribution is -2.43. The van der Waals surface area contributed by atoms with E-state index in [9.17, 15) is 0 Å². The monoisotopic (exact) mass is 331 g/mol. The molecule has 1 saturated heterocycles. The summed E-state index contributed by atoms with van der Waals surface area (Å²) in [5.74, 6) is 1.73. The number of piperidine rings is 1. The molecule has 0 radical (unpaired) electrons. The highest BCUT2D eigenvalue weighted by Gasteiger charge is 2.20. The molecule has 3 heterocycles. The first-order valence-corrected chi connectivity index (χ1v) is 9.03. The van der Waals surface area contributed by atoms with Gasteiger partial charge in [-0.1, -0.05) is 6.07 Å². The van der Waals surface area contributed by atoms with Gasteiger partial charge in [-0.05, 0) is 43.5 Å². The number of thiazole rings is 1. The third kappa shape index (κ3) is 3.43. The van der Waals surface area contributed by atoms with E-state index in [1.165, 1.54) is 18.4 Å². The molecule has 5 nitrogen and oxygen atoms in total. The number of aromatic nitrogens is 1. The van der Waals surface area contributed by atoms with Gasteiger partial charge in [-0.2, -0.15) is 0 Å². The van der Waals surface area contributed by atoms with E-state index in [-0.39, 0.29) is 0 Å². The fourth-order valence-corrected chi connectivity index (χ4v) is 3.86. The van der Waals surface area contributed by atoms with Crippen LogP contribution in [0, 0.1) is 0 Å². The zero-order valence-electron chi connectivity index (χ0n) is 13.0. The van der Waals surface area contributed by atoms with Crippen LogP contribution in [0.15, 0.2) is 29.8 Å². The number of ether oxygens (including phenoxy) is 2. The first kappa shape index (κ1) is 14.8. The Hall–Kier alpha value is -1.79. The second-order valence-electron chi connectivity index (χ2n) is 5.97. The molecule has 0 saturated carbocycles. The van der Waals surface area contributed by atoms with Gasteiger partial charge in [0.1, 0.15) is 0 Å². The quantitative estimate of drug-likeness (QED) is 0.913. The summed E-state index contributed by atoms with van der Waals surface area (Å²) in [6.07, 6.45) is 5.26. The van der Waals surface area contributed by atoms with Gasteiger partial charge in [0, 0.05) is 30.7 Å². The minimum absolute atomic E-state index is 0.342. The molecule has 1 N–H and O–H groups in total. The van der Waals surface area contributed by atoms with Crippen LogP contribution in [0.1, 0.15) is 18.4 Å². The van der Waals surface area contributed by atoms with E-state index in [0.717, 1.165) is 42.7 Å². The first-order chi connectivity index (χ1) is 11.4. The molecule has 1 fully saturated rings. The Morgan fingerprint density at radius 2 is 2.09 bits per heavy atom. The summed E-state index contributed by atoms with van der Waals surface area (Å²) in [7, 11) is 0. The summed E-state index contributed by atoms with van der Waals surface area (Å²) < 4.78 is 10.8. The topological polar surface area (TPSA) is 46.6 Å². The standard InChI is InChI=1S/C17H21N3O2S/c1-2-15-16(22-12-21-15)11-13(1)3-6-18-14-4-8-20(9-5-14)17-19-7-10-23-17/h1-2,7,10-11,14,18H,3-6,8-9,12H2. The third-order valence-corrected chi connectivity index (χ3v) is 5.30. The van der Waals surface area contributed by atoms with Crippen LogP contribution in [-0.2, 0) is 6.42 Å². The molecule has 1 aromatic carbocycles. The summed E-state index contributed by atoms with van der Waals surface area (Å²) in [6, 6.07) is 6.83. The molecule has 0 atom stereocenters. The maximum absolute atomic E-state index is 5.43. The lowest BCUT2D eigenvalue weighted by molar-refractivity contribution is 0.174. The van der Waals surface area contributed by atoms with E-state index in [2.05, 4.69) is 27.3 Å². The molecule has 0 aliphatic carbocycles. The second-order valence-corrected chi connectivity index (χ2v) is 6.84. The molecule has 122 valence electrons. The van der Waals surface area contributed by atoms with Gasteiger partial charge in [-0.15, -0.1) is 11.3 Å². The van der Waals surface area contributed by atoms with Gasteiger partial charge in [0.15, 0.2) is 16.6 Å². The SMILES string of the molecule is c1csc(N2CCC(NCCc3ccc4c(c3)OCO4)CC2)n1. The first-order valence-electron chi connectivity index (χ1n) is 8.15. The van der Waals surface area contributed by atoms with E-state index in [1.807, 2.05) is 17.6 Å². The average molecular weight is 331 g/mol. The molecule has 1 aromatic heterocycles. The van der Waals surface area contributed by atoms with E-state index >= 15 is 0 Å². The Kier molecular flexibility index (Phi) is 4.35. The van der Waals surface area contributed by atoms with Crippen LogP contribution in [0.5, 0.6) is 11.5 Å². The maximum Gasteiger partial charge on any atom is 0.231 e. The molecule has 0 bridgehead atoms. The van der Waals surface area contributed by atoms with Crippen molar-refractivity contribution in [3.8, 4) is 11.5 Å². The lowest BCUT2D eigenvalue weighted by Gasteiger charge is -2.32. The van der Waals surface area contributed by atoms with Crippen molar-refractivity contribution in [2.45, 2.75) is 25.3 Å². The van der Waals surface area contributed by atoms with Gasteiger partial charge in [0.25, 0.3) is 0 Å². The molecule has 2 aromatic rings. The molecule has 0 amide bonds. The van der Waals surface area contributed by atoms with Crippen LogP contribution >= 0.6 is 11.3 Å². The largest absolute Gasteiger partial charge is 0.454 e. The Morgan fingerprint density at radius 3 is 2.91 bits per heavy atom.